The van der Waals surface area contributed by atoms with Crippen molar-refractivity contribution in [3.8, 4) is 5.75 Å². The van der Waals surface area contributed by atoms with Gasteiger partial charge in [0.05, 0.1) is 18.6 Å². The molecule has 0 radical (unpaired) electrons. The van der Waals surface area contributed by atoms with E-state index in [-0.39, 0.29) is 66.2 Å². The zero-order chi connectivity index (χ0) is 49.4. The summed E-state index contributed by atoms with van der Waals surface area (Å²) in [4.78, 5) is 68.0. The average molecular weight is 958 g/mol. The Morgan fingerprint density at radius 3 is 2.37 bits per heavy atom. The maximum atomic E-state index is 14.9. The van der Waals surface area contributed by atoms with Crippen molar-refractivity contribution in [2.24, 2.45) is 28.8 Å². The number of azide groups is 1. The van der Waals surface area contributed by atoms with Crippen molar-refractivity contribution in [1.29, 1.82) is 0 Å². The first kappa shape index (κ1) is 55.8. The highest BCUT2D eigenvalue weighted by Crippen LogP contribution is 2.34. The fourth-order valence-corrected chi connectivity index (χ4v) is 9.79. The molecule has 0 aliphatic carbocycles. The number of benzene rings is 2. The highest BCUT2D eigenvalue weighted by Gasteiger charge is 2.38. The van der Waals surface area contributed by atoms with Gasteiger partial charge < -0.3 is 24.4 Å². The number of hydrogen-bond acceptors (Lipinski definition) is 11. The van der Waals surface area contributed by atoms with Crippen LogP contribution in [-0.4, -0.2) is 96.4 Å². The minimum atomic E-state index is -0.511. The van der Waals surface area contributed by atoms with Gasteiger partial charge in [-0.3, -0.25) is 24.1 Å². The molecule has 1 N–H and O–H groups in total. The van der Waals surface area contributed by atoms with Crippen LogP contribution in [0.4, 0.5) is 0 Å². The van der Waals surface area contributed by atoms with E-state index in [2.05, 4.69) is 61.8 Å². The van der Waals surface area contributed by atoms with Crippen molar-refractivity contribution in [3.63, 3.8) is 0 Å². The first-order valence-electron chi connectivity index (χ1n) is 25.1. The van der Waals surface area contributed by atoms with Gasteiger partial charge in [0.2, 0.25) is 5.91 Å². The monoisotopic (exact) mass is 958 g/mol. The van der Waals surface area contributed by atoms with E-state index < -0.39 is 24.0 Å². The fraction of sp³-hybridized carbons (Fsp3) is 0.642. The molecule has 1 aromatic heterocycles. The maximum Gasteiger partial charge on any atom is 0.309 e. The SMILES string of the molecule is CCCO[C@H](C[C@H](C(C)C)N(CCC)C(=O)[C@@H](CC(=O)[C@H]1CCCCN1C)[C@@H](C)CC)c1nc(C(=O)N[C@@H](Cc2ccc(OCCCCN=[N+]=[N-])cc2)C[C@H](C)C(=O)OCc2ccccc2)cs1. The summed E-state index contributed by atoms with van der Waals surface area (Å²) in [5, 5.41) is 9.18. The number of nitrogens with one attached hydrogen (secondary N) is 1. The molecule has 1 fully saturated rings. The molecule has 0 bridgehead atoms. The summed E-state index contributed by atoms with van der Waals surface area (Å²) in [6, 6.07) is 16.5. The lowest BCUT2D eigenvalue weighted by molar-refractivity contribution is -0.149. The number of carbonyl (C=O) groups is 4. The van der Waals surface area contributed by atoms with Gasteiger partial charge in [-0.2, -0.15) is 0 Å². The van der Waals surface area contributed by atoms with E-state index in [0.717, 1.165) is 69.0 Å². The molecule has 2 heterocycles. The van der Waals surface area contributed by atoms with Crippen LogP contribution in [0.3, 0.4) is 0 Å². The van der Waals surface area contributed by atoms with Gasteiger partial charge in [-0.15, -0.1) is 11.3 Å². The number of likely N-dealkylation sites (tertiary alicyclic amines) is 1. The van der Waals surface area contributed by atoms with Gasteiger partial charge in [0.25, 0.3) is 5.91 Å². The van der Waals surface area contributed by atoms with Gasteiger partial charge in [-0.1, -0.05) is 109 Å². The Labute approximate surface area is 409 Å². The van der Waals surface area contributed by atoms with Gasteiger partial charge in [-0.25, -0.2) is 4.98 Å². The van der Waals surface area contributed by atoms with E-state index in [0.29, 0.717) is 56.3 Å². The number of nitrogens with zero attached hydrogens (tertiary/aromatic N) is 6. The highest BCUT2D eigenvalue weighted by molar-refractivity contribution is 7.09. The second-order valence-electron chi connectivity index (χ2n) is 18.9. The maximum absolute atomic E-state index is 14.9. The summed E-state index contributed by atoms with van der Waals surface area (Å²) < 4.78 is 18.1. The van der Waals surface area contributed by atoms with E-state index in [4.69, 9.17) is 24.7 Å². The highest BCUT2D eigenvalue weighted by atomic mass is 32.1. The number of esters is 1. The topological polar surface area (TPSA) is 176 Å². The number of amides is 2. The van der Waals surface area contributed by atoms with Gasteiger partial charge in [-0.05, 0) is 106 Å². The fourth-order valence-electron chi connectivity index (χ4n) is 8.94. The summed E-state index contributed by atoms with van der Waals surface area (Å²) in [6.45, 7) is 17.4. The van der Waals surface area contributed by atoms with E-state index in [9.17, 15) is 19.2 Å². The molecule has 0 saturated carbocycles. The largest absolute Gasteiger partial charge is 0.494 e. The predicted molar refractivity (Wildman–Crippen MR) is 269 cm³/mol. The molecule has 1 saturated heterocycles. The molecule has 14 nitrogen and oxygen atoms in total. The van der Waals surface area contributed by atoms with Crippen molar-refractivity contribution in [2.45, 2.75) is 156 Å². The van der Waals surface area contributed by atoms with Crippen molar-refractivity contribution >= 4 is 34.9 Å². The third-order valence-electron chi connectivity index (χ3n) is 13.1. The van der Waals surface area contributed by atoms with E-state index in [1.807, 2.05) is 73.5 Å². The Morgan fingerprint density at radius 1 is 0.956 bits per heavy atom. The summed E-state index contributed by atoms with van der Waals surface area (Å²) in [6.07, 6.45) is 7.85. The molecule has 15 heteroatoms. The average Bonchev–Trinajstić information content (AvgIpc) is 3.84. The molecule has 3 aromatic rings. The number of carbonyl (C=O) groups excluding carboxylic acids is 4. The lowest BCUT2D eigenvalue weighted by atomic mass is 9.82. The molecular weight excluding hydrogens is 879 g/mol. The van der Waals surface area contributed by atoms with Crippen molar-refractivity contribution in [2.75, 3.05) is 39.9 Å². The van der Waals surface area contributed by atoms with Gasteiger partial charge in [0.15, 0.2) is 5.78 Å². The number of rotatable bonds is 31. The van der Waals surface area contributed by atoms with Crippen molar-refractivity contribution < 1.29 is 33.4 Å². The number of likely N-dealkylation sites (N-methyl/N-ethyl adjacent to an activating group) is 1. The lowest BCUT2D eigenvalue weighted by Gasteiger charge is -2.40. The molecule has 0 unspecified atom stereocenters. The Kier molecular flexibility index (Phi) is 24.5. The van der Waals surface area contributed by atoms with E-state index in [1.54, 1.807) is 5.38 Å². The number of Topliss-reactive ketones (excluding diaryl/α,β-unsaturated/α-hetero) is 1. The van der Waals surface area contributed by atoms with Crippen LogP contribution in [0.15, 0.2) is 65.1 Å². The van der Waals surface area contributed by atoms with Gasteiger partial charge in [0.1, 0.15) is 29.2 Å². The third kappa shape index (κ3) is 17.9. The number of piperidine rings is 1. The normalized spacial score (nSPS) is 16.7. The number of unbranched alkanes of at least 4 members (excludes halogenated alkanes) is 1. The van der Waals surface area contributed by atoms with Gasteiger partial charge in [0, 0.05) is 60.8 Å². The minimum absolute atomic E-state index is 0.0328. The number of hydrogen-bond donors (Lipinski definition) is 1. The number of aromatic nitrogens is 1. The van der Waals surface area contributed by atoms with E-state index >= 15 is 0 Å². The smallest absolute Gasteiger partial charge is 0.309 e. The standard InChI is InChI=1S/C53H79N7O7S/c1-9-27-60(52(63)44(38(6)11-3)33-48(61)46-21-15-17-28-59(46)8)47(37(4)5)34-49(66-29-10-2)51-57-45(36-68-51)50(62)56-42(31-39(7)53(64)67-35-41-19-13-12-14-20-41)32-40-22-24-43(25-23-40)65-30-18-16-26-55-58-54/h12-14,19-20,22-25,36-39,42,44,46-47,49H,9-11,15-18,21,26-35H2,1-8H3,(H,56,62)/t38-,39-,42+,44-,46+,47+,49+/m0/s1. The molecule has 2 aromatic carbocycles. The third-order valence-corrected chi connectivity index (χ3v) is 14.1. The van der Waals surface area contributed by atoms with Crippen LogP contribution < -0.4 is 10.1 Å². The Morgan fingerprint density at radius 2 is 1.71 bits per heavy atom. The van der Waals surface area contributed by atoms with Crippen molar-refractivity contribution in [1.82, 2.24) is 20.1 Å². The zero-order valence-electron chi connectivity index (χ0n) is 42.1. The molecule has 4 rings (SSSR count). The second kappa shape index (κ2) is 29.9. The minimum Gasteiger partial charge on any atom is -0.494 e. The Hall–Kier alpha value is -4.82. The first-order valence-corrected chi connectivity index (χ1v) is 26.0. The molecule has 7 atom stereocenters. The molecule has 0 spiro atoms. The predicted octanol–water partition coefficient (Wildman–Crippen LogP) is 10.9. The van der Waals surface area contributed by atoms with Crippen LogP contribution in [0.1, 0.15) is 152 Å². The summed E-state index contributed by atoms with van der Waals surface area (Å²) in [7, 11) is 2.02. The second-order valence-corrected chi connectivity index (χ2v) is 19.8. The number of ether oxygens (including phenoxy) is 3. The molecule has 68 heavy (non-hydrogen) atoms. The zero-order valence-corrected chi connectivity index (χ0v) is 42.9. The lowest BCUT2D eigenvalue weighted by Crippen LogP contribution is -2.50. The molecule has 374 valence electrons. The van der Waals surface area contributed by atoms with Crippen LogP contribution in [0.25, 0.3) is 10.4 Å². The number of ketones is 1. The van der Waals surface area contributed by atoms with Crippen LogP contribution >= 0.6 is 11.3 Å². The summed E-state index contributed by atoms with van der Waals surface area (Å²) in [5.74, 6) is -0.607. The Bertz CT molecular complexity index is 2030. The molecular formula is C53H79N7O7S. The van der Waals surface area contributed by atoms with Crippen molar-refractivity contribution in [3.05, 3.63) is 92.2 Å². The van der Waals surface area contributed by atoms with E-state index in [1.165, 1.54) is 11.3 Å². The molecule has 1 aliphatic heterocycles. The summed E-state index contributed by atoms with van der Waals surface area (Å²) in [5.41, 5.74) is 10.6. The van der Waals surface area contributed by atoms with Gasteiger partial charge >= 0.3 is 5.97 Å². The van der Waals surface area contributed by atoms with Crippen LogP contribution in [0, 0.1) is 23.7 Å². The Balaban J connectivity index is 1.53. The van der Waals surface area contributed by atoms with Crippen LogP contribution in [0.2, 0.25) is 0 Å². The van der Waals surface area contributed by atoms with Crippen LogP contribution in [-0.2, 0) is 36.9 Å². The van der Waals surface area contributed by atoms with Crippen LogP contribution in [0.5, 0.6) is 5.75 Å². The number of thiazole rings is 1. The first-order chi connectivity index (χ1) is 32.8. The summed E-state index contributed by atoms with van der Waals surface area (Å²) >= 11 is 1.37. The quantitative estimate of drug-likeness (QED) is 0.0216. The molecule has 2 amide bonds. The molecule has 1 aliphatic rings.